The van der Waals surface area contributed by atoms with E-state index < -0.39 is 12.2 Å². The molecule has 0 saturated heterocycles. The Balaban J connectivity index is 1.76. The van der Waals surface area contributed by atoms with Crippen molar-refractivity contribution in [3.63, 3.8) is 0 Å². The molecule has 0 bridgehead atoms. The van der Waals surface area contributed by atoms with Gasteiger partial charge in [-0.1, -0.05) is 36.4 Å². The van der Waals surface area contributed by atoms with Crippen molar-refractivity contribution in [2.45, 2.75) is 18.6 Å². The summed E-state index contributed by atoms with van der Waals surface area (Å²) in [6, 6.07) is 18.7. The highest BCUT2D eigenvalue weighted by Gasteiger charge is 2.20. The maximum absolute atomic E-state index is 10.3. The highest BCUT2D eigenvalue weighted by atomic mass is 16.5. The van der Waals surface area contributed by atoms with E-state index in [1.165, 1.54) is 0 Å². The number of hydrogen-bond acceptors (Lipinski definition) is 5. The quantitative estimate of drug-likeness (QED) is 0.400. The van der Waals surface area contributed by atoms with Crippen LogP contribution in [-0.4, -0.2) is 67.0 Å². The van der Waals surface area contributed by atoms with E-state index in [2.05, 4.69) is 0 Å². The maximum Gasteiger partial charge on any atom is 0.137 e. The first-order chi connectivity index (χ1) is 13.2. The number of quaternary nitrogens is 1. The summed E-state index contributed by atoms with van der Waals surface area (Å²) >= 11 is 0. The second kappa shape index (κ2) is 12.3. The number of hydrogen-bond donors (Lipinski definition) is 4. The number of nitrogens with one attached hydrogen (secondary N) is 1. The Labute approximate surface area is 160 Å². The van der Waals surface area contributed by atoms with Gasteiger partial charge in [0.15, 0.2) is 0 Å². The molecule has 2 aromatic rings. The largest absolute Gasteiger partial charge is 0.491 e. The third-order valence-electron chi connectivity index (χ3n) is 4.11. The van der Waals surface area contributed by atoms with Gasteiger partial charge in [0.1, 0.15) is 50.0 Å². The zero-order valence-corrected chi connectivity index (χ0v) is 15.5. The van der Waals surface area contributed by atoms with Gasteiger partial charge in [0, 0.05) is 13.0 Å². The monoisotopic (exact) mass is 376 g/mol. The maximum atomic E-state index is 10.3. The average molecular weight is 376 g/mol. The van der Waals surface area contributed by atoms with E-state index in [1.807, 2.05) is 60.7 Å². The van der Waals surface area contributed by atoms with Crippen LogP contribution in [0.5, 0.6) is 11.5 Å². The van der Waals surface area contributed by atoms with Gasteiger partial charge in [0.25, 0.3) is 0 Å². The summed E-state index contributed by atoms with van der Waals surface area (Å²) in [5, 5.41) is 29.7. The summed E-state index contributed by atoms with van der Waals surface area (Å²) in [7, 11) is 0. The molecule has 0 saturated carbocycles. The molecule has 0 spiro atoms. The molecular formula is C21H30NO5+. The van der Waals surface area contributed by atoms with E-state index in [0.717, 1.165) is 4.90 Å². The molecule has 148 valence electrons. The van der Waals surface area contributed by atoms with Crippen molar-refractivity contribution < 1.29 is 29.7 Å². The Hall–Kier alpha value is -2.12. The molecule has 0 fully saturated rings. The lowest BCUT2D eigenvalue weighted by atomic mass is 10.2. The molecule has 0 aliphatic rings. The first kappa shape index (κ1) is 21.2. The molecule has 0 aliphatic heterocycles. The van der Waals surface area contributed by atoms with Crippen LogP contribution in [-0.2, 0) is 0 Å². The highest BCUT2D eigenvalue weighted by molar-refractivity contribution is 5.21. The summed E-state index contributed by atoms with van der Waals surface area (Å²) in [5.74, 6) is 1.43. The molecule has 0 unspecified atom stereocenters. The average Bonchev–Trinajstić information content (AvgIpc) is 2.70. The molecule has 2 rings (SSSR count). The van der Waals surface area contributed by atoms with E-state index in [4.69, 9.17) is 14.6 Å². The van der Waals surface area contributed by atoms with Crippen LogP contribution in [0.1, 0.15) is 6.42 Å². The van der Waals surface area contributed by atoms with Gasteiger partial charge in [0.05, 0.1) is 6.54 Å². The third kappa shape index (κ3) is 8.88. The van der Waals surface area contributed by atoms with Gasteiger partial charge < -0.3 is 29.7 Å². The minimum atomic E-state index is -0.666. The zero-order valence-electron chi connectivity index (χ0n) is 15.5. The molecule has 0 radical (unpaired) electrons. The lowest BCUT2D eigenvalue weighted by molar-refractivity contribution is -0.906. The summed E-state index contributed by atoms with van der Waals surface area (Å²) in [5.41, 5.74) is 0. The predicted octanol–water partition coefficient (Wildman–Crippen LogP) is 0.134. The number of ether oxygens (including phenoxy) is 2. The van der Waals surface area contributed by atoms with Gasteiger partial charge in [-0.25, -0.2) is 0 Å². The Kier molecular flexibility index (Phi) is 9.65. The van der Waals surface area contributed by atoms with Crippen molar-refractivity contribution in [1.29, 1.82) is 0 Å². The van der Waals surface area contributed by atoms with Crippen molar-refractivity contribution in [2.75, 3.05) is 39.5 Å². The van der Waals surface area contributed by atoms with Crippen LogP contribution < -0.4 is 14.4 Å². The summed E-state index contributed by atoms with van der Waals surface area (Å²) < 4.78 is 11.2. The van der Waals surface area contributed by atoms with E-state index >= 15 is 0 Å². The molecule has 4 N–H and O–H groups in total. The van der Waals surface area contributed by atoms with Crippen molar-refractivity contribution in [3.8, 4) is 11.5 Å². The lowest BCUT2D eigenvalue weighted by Crippen LogP contribution is -3.14. The first-order valence-corrected chi connectivity index (χ1v) is 9.33. The van der Waals surface area contributed by atoms with Crippen LogP contribution in [0.15, 0.2) is 60.7 Å². The molecule has 0 aromatic heterocycles. The van der Waals surface area contributed by atoms with Crippen LogP contribution >= 0.6 is 0 Å². The van der Waals surface area contributed by atoms with E-state index in [0.29, 0.717) is 37.6 Å². The predicted molar refractivity (Wildman–Crippen MR) is 103 cm³/mol. The second-order valence-electron chi connectivity index (χ2n) is 6.54. The molecular weight excluding hydrogens is 346 g/mol. The minimum Gasteiger partial charge on any atom is -0.491 e. The standard InChI is InChI=1S/C21H29NO5/c23-13-7-12-22(14-18(24)16-26-20-8-3-1-4-9-20)15-19(25)17-27-21-10-5-2-6-11-21/h1-6,8-11,18-19,23-25H,7,12-17H2/p+1/t18-,19-/m0/s1. The highest BCUT2D eigenvalue weighted by Crippen LogP contribution is 2.09. The topological polar surface area (TPSA) is 83.6 Å². The molecule has 2 aromatic carbocycles. The molecule has 2 atom stereocenters. The number of aliphatic hydroxyl groups excluding tert-OH is 3. The lowest BCUT2D eigenvalue weighted by Gasteiger charge is -2.24. The molecule has 6 nitrogen and oxygen atoms in total. The fraction of sp³-hybridized carbons (Fsp3) is 0.429. The van der Waals surface area contributed by atoms with Crippen LogP contribution in [0, 0.1) is 0 Å². The molecule has 0 aliphatic carbocycles. The smallest absolute Gasteiger partial charge is 0.137 e. The fourth-order valence-electron chi connectivity index (χ4n) is 2.82. The van der Waals surface area contributed by atoms with Crippen LogP contribution in [0.2, 0.25) is 0 Å². The van der Waals surface area contributed by atoms with Gasteiger partial charge >= 0.3 is 0 Å². The van der Waals surface area contributed by atoms with Crippen LogP contribution in [0.4, 0.5) is 0 Å². The number of benzene rings is 2. The van der Waals surface area contributed by atoms with Crippen molar-refractivity contribution in [3.05, 3.63) is 60.7 Å². The Bertz CT molecular complexity index is 559. The summed E-state index contributed by atoms with van der Waals surface area (Å²) in [6.07, 6.45) is -0.726. The van der Waals surface area contributed by atoms with Crippen molar-refractivity contribution in [2.24, 2.45) is 0 Å². The van der Waals surface area contributed by atoms with Gasteiger partial charge in [-0.05, 0) is 24.3 Å². The van der Waals surface area contributed by atoms with Crippen molar-refractivity contribution >= 4 is 0 Å². The van der Waals surface area contributed by atoms with E-state index in [9.17, 15) is 10.2 Å². The number of rotatable bonds is 13. The van der Waals surface area contributed by atoms with Crippen molar-refractivity contribution in [1.82, 2.24) is 0 Å². The van der Waals surface area contributed by atoms with Crippen LogP contribution in [0.3, 0.4) is 0 Å². The second-order valence-corrected chi connectivity index (χ2v) is 6.54. The van der Waals surface area contributed by atoms with Crippen LogP contribution in [0.25, 0.3) is 0 Å². The molecule has 0 amide bonds. The van der Waals surface area contributed by atoms with E-state index in [1.54, 1.807) is 0 Å². The SMILES string of the molecule is OCCC[NH+](C[C@H](O)COc1ccccc1)C[C@H](O)COc1ccccc1. The minimum absolute atomic E-state index is 0.0801. The Morgan fingerprint density at radius 3 is 1.59 bits per heavy atom. The molecule has 6 heteroatoms. The number of aliphatic hydroxyl groups is 3. The zero-order chi connectivity index (χ0) is 19.3. The first-order valence-electron chi connectivity index (χ1n) is 9.33. The number of para-hydroxylation sites is 2. The van der Waals surface area contributed by atoms with Gasteiger partial charge in [-0.2, -0.15) is 0 Å². The molecule has 0 heterocycles. The third-order valence-corrected chi connectivity index (χ3v) is 4.11. The van der Waals surface area contributed by atoms with Gasteiger partial charge in [0.2, 0.25) is 0 Å². The van der Waals surface area contributed by atoms with Gasteiger partial charge in [-0.3, -0.25) is 0 Å². The molecule has 27 heavy (non-hydrogen) atoms. The summed E-state index contributed by atoms with van der Waals surface area (Å²) in [6.45, 7) is 1.95. The fourth-order valence-corrected chi connectivity index (χ4v) is 2.82. The van der Waals surface area contributed by atoms with E-state index in [-0.39, 0.29) is 19.8 Å². The Morgan fingerprint density at radius 1 is 0.741 bits per heavy atom. The van der Waals surface area contributed by atoms with Gasteiger partial charge in [-0.15, -0.1) is 0 Å². The normalized spacial score (nSPS) is 13.3. The summed E-state index contributed by atoms with van der Waals surface area (Å²) in [4.78, 5) is 0.998. The Morgan fingerprint density at radius 2 is 1.19 bits per heavy atom.